The first-order valence-corrected chi connectivity index (χ1v) is 8.47. The number of nitrogens with zero attached hydrogens (tertiary/aromatic N) is 1. The lowest BCUT2D eigenvalue weighted by atomic mass is 10.0. The molecule has 26 heavy (non-hydrogen) atoms. The monoisotopic (exact) mass is 358 g/mol. The Morgan fingerprint density at radius 1 is 1.19 bits per heavy atom. The molecule has 2 atom stereocenters. The third-order valence-corrected chi connectivity index (χ3v) is 4.63. The Labute approximate surface area is 150 Å². The molecule has 1 fully saturated rings. The Hall–Kier alpha value is -2.76. The lowest BCUT2D eigenvalue weighted by molar-refractivity contribution is -0.126. The fourth-order valence-corrected chi connectivity index (χ4v) is 3.12. The minimum atomic E-state index is -0.707. The van der Waals surface area contributed by atoms with Crippen molar-refractivity contribution in [3.8, 4) is 0 Å². The van der Waals surface area contributed by atoms with Crippen LogP contribution in [0.3, 0.4) is 0 Å². The molecule has 6 heteroatoms. The van der Waals surface area contributed by atoms with Crippen molar-refractivity contribution in [2.75, 3.05) is 11.4 Å². The SMILES string of the molecule is Cc1ccc(N2CC(C(=O)NC(C)c3ccc(F)cc3F)CC2=O)cc1. The molecule has 1 heterocycles. The normalized spacial score (nSPS) is 18.1. The summed E-state index contributed by atoms with van der Waals surface area (Å²) < 4.78 is 26.9. The summed E-state index contributed by atoms with van der Waals surface area (Å²) >= 11 is 0. The summed E-state index contributed by atoms with van der Waals surface area (Å²) in [6.45, 7) is 3.87. The van der Waals surface area contributed by atoms with Crippen LogP contribution in [-0.4, -0.2) is 18.4 Å². The van der Waals surface area contributed by atoms with E-state index in [0.29, 0.717) is 0 Å². The van der Waals surface area contributed by atoms with Crippen molar-refractivity contribution in [3.05, 3.63) is 65.2 Å². The van der Waals surface area contributed by atoms with Gasteiger partial charge in [-0.05, 0) is 32.0 Å². The Morgan fingerprint density at radius 2 is 1.88 bits per heavy atom. The van der Waals surface area contributed by atoms with Gasteiger partial charge in [0.25, 0.3) is 0 Å². The van der Waals surface area contributed by atoms with Gasteiger partial charge in [-0.3, -0.25) is 9.59 Å². The smallest absolute Gasteiger partial charge is 0.227 e. The van der Waals surface area contributed by atoms with E-state index >= 15 is 0 Å². The third-order valence-electron chi connectivity index (χ3n) is 4.63. The molecule has 1 aliphatic heterocycles. The first-order chi connectivity index (χ1) is 12.3. The quantitative estimate of drug-likeness (QED) is 0.909. The molecule has 3 rings (SSSR count). The zero-order valence-electron chi connectivity index (χ0n) is 14.6. The number of aryl methyl sites for hydroxylation is 1. The van der Waals surface area contributed by atoms with Crippen LogP contribution in [0.1, 0.15) is 30.5 Å². The summed E-state index contributed by atoms with van der Waals surface area (Å²) in [6, 6.07) is 10.2. The van der Waals surface area contributed by atoms with Crippen molar-refractivity contribution in [2.24, 2.45) is 5.92 Å². The molecule has 2 amide bonds. The van der Waals surface area contributed by atoms with Gasteiger partial charge >= 0.3 is 0 Å². The fourth-order valence-electron chi connectivity index (χ4n) is 3.12. The average molecular weight is 358 g/mol. The van der Waals surface area contributed by atoms with Crippen LogP contribution in [-0.2, 0) is 9.59 Å². The zero-order chi connectivity index (χ0) is 18.8. The zero-order valence-corrected chi connectivity index (χ0v) is 14.6. The molecule has 1 saturated heterocycles. The van der Waals surface area contributed by atoms with Crippen LogP contribution in [0.2, 0.25) is 0 Å². The van der Waals surface area contributed by atoms with Crippen molar-refractivity contribution in [1.82, 2.24) is 5.32 Å². The first-order valence-electron chi connectivity index (χ1n) is 8.47. The second-order valence-corrected chi connectivity index (χ2v) is 6.64. The van der Waals surface area contributed by atoms with Gasteiger partial charge in [0.1, 0.15) is 11.6 Å². The van der Waals surface area contributed by atoms with Gasteiger partial charge in [0.05, 0.1) is 12.0 Å². The number of halogens is 2. The minimum absolute atomic E-state index is 0.109. The summed E-state index contributed by atoms with van der Waals surface area (Å²) in [5, 5.41) is 2.72. The number of nitrogens with one attached hydrogen (secondary N) is 1. The van der Waals surface area contributed by atoms with Gasteiger partial charge in [0.15, 0.2) is 0 Å². The maximum atomic E-state index is 13.9. The maximum Gasteiger partial charge on any atom is 0.227 e. The van der Waals surface area contributed by atoms with Gasteiger partial charge < -0.3 is 10.2 Å². The fraction of sp³-hybridized carbons (Fsp3) is 0.300. The van der Waals surface area contributed by atoms with E-state index in [2.05, 4.69) is 5.32 Å². The van der Waals surface area contributed by atoms with Crippen molar-refractivity contribution in [3.63, 3.8) is 0 Å². The third kappa shape index (κ3) is 3.74. The number of benzene rings is 2. The average Bonchev–Trinajstić information content (AvgIpc) is 2.97. The van der Waals surface area contributed by atoms with Crippen LogP contribution >= 0.6 is 0 Å². The van der Waals surface area contributed by atoms with Crippen LogP contribution in [0.25, 0.3) is 0 Å². The highest BCUT2D eigenvalue weighted by molar-refractivity contribution is 6.00. The van der Waals surface area contributed by atoms with Gasteiger partial charge in [0, 0.05) is 30.3 Å². The highest BCUT2D eigenvalue weighted by atomic mass is 19.1. The molecule has 0 spiro atoms. The Kier molecular flexibility index (Phi) is 5.02. The molecule has 0 aliphatic carbocycles. The van der Waals surface area contributed by atoms with Gasteiger partial charge in [-0.2, -0.15) is 0 Å². The van der Waals surface area contributed by atoms with Crippen LogP contribution in [0, 0.1) is 24.5 Å². The summed E-state index contributed by atoms with van der Waals surface area (Å²) in [6.07, 6.45) is 0.109. The number of hydrogen-bond acceptors (Lipinski definition) is 2. The van der Waals surface area contributed by atoms with Crippen molar-refractivity contribution < 1.29 is 18.4 Å². The number of carbonyl (C=O) groups is 2. The molecule has 1 aliphatic rings. The van der Waals surface area contributed by atoms with Gasteiger partial charge in [-0.15, -0.1) is 0 Å². The molecule has 0 saturated carbocycles. The molecular formula is C20H20F2N2O2. The van der Waals surface area contributed by atoms with Crippen LogP contribution in [0.4, 0.5) is 14.5 Å². The van der Waals surface area contributed by atoms with E-state index in [4.69, 9.17) is 0 Å². The summed E-state index contributed by atoms with van der Waals surface area (Å²) in [7, 11) is 0. The lowest BCUT2D eigenvalue weighted by Crippen LogP contribution is -2.34. The number of anilines is 1. The topological polar surface area (TPSA) is 49.4 Å². The Balaban J connectivity index is 1.67. The Morgan fingerprint density at radius 3 is 2.54 bits per heavy atom. The molecule has 0 aromatic heterocycles. The number of rotatable bonds is 4. The molecule has 2 aromatic carbocycles. The molecule has 2 unspecified atom stereocenters. The van der Waals surface area contributed by atoms with Gasteiger partial charge in [0.2, 0.25) is 11.8 Å². The summed E-state index contributed by atoms with van der Waals surface area (Å²) in [5.41, 5.74) is 2.05. The van der Waals surface area contributed by atoms with Gasteiger partial charge in [-0.25, -0.2) is 8.78 Å². The van der Waals surface area contributed by atoms with Crippen LogP contribution in [0.15, 0.2) is 42.5 Å². The molecular weight excluding hydrogens is 338 g/mol. The van der Waals surface area contributed by atoms with Crippen molar-refractivity contribution >= 4 is 17.5 Å². The summed E-state index contributed by atoms with van der Waals surface area (Å²) in [4.78, 5) is 26.4. The number of carbonyl (C=O) groups excluding carboxylic acids is 2. The first kappa shape index (κ1) is 18.0. The largest absolute Gasteiger partial charge is 0.349 e. The van der Waals surface area contributed by atoms with Crippen LogP contribution < -0.4 is 10.2 Å². The van der Waals surface area contributed by atoms with E-state index in [0.717, 1.165) is 23.4 Å². The van der Waals surface area contributed by atoms with E-state index in [9.17, 15) is 18.4 Å². The molecule has 136 valence electrons. The predicted octanol–water partition coefficient (Wildman–Crippen LogP) is 3.50. The standard InChI is InChI=1S/C20H20F2N2O2/c1-12-3-6-16(7-4-12)24-11-14(9-19(24)25)20(26)23-13(2)17-8-5-15(21)10-18(17)22/h3-8,10,13-14H,9,11H2,1-2H3,(H,23,26). The second-order valence-electron chi connectivity index (χ2n) is 6.64. The van der Waals surface area contributed by atoms with Crippen molar-refractivity contribution in [2.45, 2.75) is 26.3 Å². The van der Waals surface area contributed by atoms with Crippen LogP contribution in [0.5, 0.6) is 0 Å². The van der Waals surface area contributed by atoms with Crippen molar-refractivity contribution in [1.29, 1.82) is 0 Å². The number of hydrogen-bond donors (Lipinski definition) is 1. The van der Waals surface area contributed by atoms with E-state index in [1.165, 1.54) is 6.07 Å². The minimum Gasteiger partial charge on any atom is -0.349 e. The molecule has 2 aromatic rings. The predicted molar refractivity (Wildman–Crippen MR) is 94.6 cm³/mol. The molecule has 4 nitrogen and oxygen atoms in total. The Bertz CT molecular complexity index is 836. The maximum absolute atomic E-state index is 13.9. The highest BCUT2D eigenvalue weighted by Crippen LogP contribution is 2.26. The molecule has 0 radical (unpaired) electrons. The van der Waals surface area contributed by atoms with E-state index in [1.807, 2.05) is 31.2 Å². The van der Waals surface area contributed by atoms with Gasteiger partial charge in [-0.1, -0.05) is 23.8 Å². The molecule has 0 bridgehead atoms. The van der Waals surface area contributed by atoms with E-state index in [-0.39, 0.29) is 30.3 Å². The lowest BCUT2D eigenvalue weighted by Gasteiger charge is -2.19. The molecule has 1 N–H and O–H groups in total. The van der Waals surface area contributed by atoms with E-state index < -0.39 is 23.6 Å². The second kappa shape index (κ2) is 7.23. The van der Waals surface area contributed by atoms with E-state index in [1.54, 1.807) is 11.8 Å². The highest BCUT2D eigenvalue weighted by Gasteiger charge is 2.35. The number of amides is 2. The summed E-state index contributed by atoms with van der Waals surface area (Å²) in [5.74, 6) is -2.31.